The Labute approximate surface area is 111 Å². The molecule has 18 heavy (non-hydrogen) atoms. The number of nitro groups is 1. The Hall–Kier alpha value is -1.66. The number of halogens is 1. The molecule has 1 rings (SSSR count). The first-order valence-corrected chi connectivity index (χ1v) is 5.21. The number of carbonyl (C=O) groups is 1. The lowest BCUT2D eigenvalue weighted by atomic mass is 10.1. The van der Waals surface area contributed by atoms with Crippen LogP contribution >= 0.6 is 12.4 Å². The molecule has 7 heteroatoms. The van der Waals surface area contributed by atoms with Gasteiger partial charge >= 0.3 is 0 Å². The third-order valence-corrected chi connectivity index (χ3v) is 2.27. The van der Waals surface area contributed by atoms with Gasteiger partial charge in [0, 0.05) is 30.3 Å². The first kappa shape index (κ1) is 16.3. The molecule has 1 aromatic rings. The van der Waals surface area contributed by atoms with Crippen LogP contribution in [0.25, 0.3) is 0 Å². The molecule has 0 radical (unpaired) electrons. The summed E-state index contributed by atoms with van der Waals surface area (Å²) in [4.78, 5) is 21.9. The summed E-state index contributed by atoms with van der Waals surface area (Å²) in [6.45, 7) is 3.79. The van der Waals surface area contributed by atoms with Crippen LogP contribution in [0.15, 0.2) is 18.2 Å². The molecule has 0 saturated heterocycles. The van der Waals surface area contributed by atoms with Crippen LogP contribution in [0.3, 0.4) is 0 Å². The van der Waals surface area contributed by atoms with Gasteiger partial charge in [-0.3, -0.25) is 14.9 Å². The standard InChI is InChI=1S/C11H15N3O3.ClH/c1-7-3-9(5-10(4-7)14(16)17)11(15)13-8(2)6-12;/h3-5,8H,6,12H2,1-2H3,(H,13,15);1H/t8-;/m0./s1. The minimum absolute atomic E-state index is 0. The van der Waals surface area contributed by atoms with Gasteiger partial charge in [-0.05, 0) is 25.5 Å². The third kappa shape index (κ3) is 4.31. The van der Waals surface area contributed by atoms with E-state index in [4.69, 9.17) is 5.73 Å². The van der Waals surface area contributed by atoms with Crippen LogP contribution in [0.5, 0.6) is 0 Å². The lowest BCUT2D eigenvalue weighted by molar-refractivity contribution is -0.384. The quantitative estimate of drug-likeness (QED) is 0.640. The van der Waals surface area contributed by atoms with Crippen LogP contribution in [0, 0.1) is 17.0 Å². The molecule has 100 valence electrons. The van der Waals surface area contributed by atoms with Crippen LogP contribution in [0.1, 0.15) is 22.8 Å². The zero-order valence-corrected chi connectivity index (χ0v) is 11.0. The van der Waals surface area contributed by atoms with Crippen LogP contribution < -0.4 is 11.1 Å². The van der Waals surface area contributed by atoms with Crippen LogP contribution in [-0.4, -0.2) is 23.4 Å². The summed E-state index contributed by atoms with van der Waals surface area (Å²) in [6.07, 6.45) is 0. The van der Waals surface area contributed by atoms with E-state index < -0.39 is 4.92 Å². The molecule has 0 bridgehead atoms. The molecule has 0 fully saturated rings. The second-order valence-corrected chi connectivity index (χ2v) is 3.92. The van der Waals surface area contributed by atoms with Gasteiger partial charge in [0.05, 0.1) is 4.92 Å². The number of benzene rings is 1. The molecule has 0 unspecified atom stereocenters. The van der Waals surface area contributed by atoms with Gasteiger partial charge in [0.2, 0.25) is 0 Å². The predicted octanol–water partition coefficient (Wildman–Crippen LogP) is 1.40. The smallest absolute Gasteiger partial charge is 0.270 e. The summed E-state index contributed by atoms with van der Waals surface area (Å²) in [6, 6.07) is 4.11. The molecule has 0 aliphatic carbocycles. The van der Waals surface area contributed by atoms with Gasteiger partial charge in [-0.15, -0.1) is 12.4 Å². The van der Waals surface area contributed by atoms with Crippen molar-refractivity contribution in [2.45, 2.75) is 19.9 Å². The highest BCUT2D eigenvalue weighted by Crippen LogP contribution is 2.16. The van der Waals surface area contributed by atoms with Gasteiger partial charge in [-0.1, -0.05) is 0 Å². The molecule has 1 amide bonds. The van der Waals surface area contributed by atoms with Gasteiger partial charge in [-0.2, -0.15) is 0 Å². The lowest BCUT2D eigenvalue weighted by Crippen LogP contribution is -2.37. The summed E-state index contributed by atoms with van der Waals surface area (Å²) in [5.74, 6) is -0.352. The van der Waals surface area contributed by atoms with Crippen molar-refractivity contribution in [1.29, 1.82) is 0 Å². The van der Waals surface area contributed by atoms with Crippen molar-refractivity contribution < 1.29 is 9.72 Å². The zero-order valence-electron chi connectivity index (χ0n) is 10.2. The normalized spacial score (nSPS) is 11.3. The Bertz CT molecular complexity index is 451. The number of nitrogens with two attached hydrogens (primary N) is 1. The number of amides is 1. The Morgan fingerprint density at radius 1 is 1.50 bits per heavy atom. The lowest BCUT2D eigenvalue weighted by Gasteiger charge is -2.11. The average molecular weight is 274 g/mol. The van der Waals surface area contributed by atoms with Gasteiger partial charge < -0.3 is 11.1 Å². The van der Waals surface area contributed by atoms with Gasteiger partial charge in [0.15, 0.2) is 0 Å². The van der Waals surface area contributed by atoms with E-state index in [2.05, 4.69) is 5.32 Å². The highest BCUT2D eigenvalue weighted by molar-refractivity contribution is 5.95. The monoisotopic (exact) mass is 273 g/mol. The second-order valence-electron chi connectivity index (χ2n) is 3.92. The molecular weight excluding hydrogens is 258 g/mol. The number of rotatable bonds is 4. The van der Waals surface area contributed by atoms with Crippen molar-refractivity contribution in [2.75, 3.05) is 6.54 Å². The van der Waals surface area contributed by atoms with E-state index in [1.54, 1.807) is 19.9 Å². The minimum Gasteiger partial charge on any atom is -0.348 e. The first-order chi connectivity index (χ1) is 7.93. The minimum atomic E-state index is -0.518. The second kappa shape index (κ2) is 6.93. The summed E-state index contributed by atoms with van der Waals surface area (Å²) in [7, 11) is 0. The highest BCUT2D eigenvalue weighted by atomic mass is 35.5. The van der Waals surface area contributed by atoms with E-state index in [9.17, 15) is 14.9 Å². The summed E-state index contributed by atoms with van der Waals surface area (Å²) in [5, 5.41) is 13.3. The van der Waals surface area contributed by atoms with Crippen molar-refractivity contribution in [3.8, 4) is 0 Å². The van der Waals surface area contributed by atoms with E-state index in [0.717, 1.165) is 0 Å². The summed E-state index contributed by atoms with van der Waals surface area (Å²) < 4.78 is 0. The van der Waals surface area contributed by atoms with E-state index in [1.165, 1.54) is 12.1 Å². The van der Waals surface area contributed by atoms with Crippen molar-refractivity contribution in [3.63, 3.8) is 0 Å². The molecule has 0 heterocycles. The summed E-state index contributed by atoms with van der Waals surface area (Å²) in [5.41, 5.74) is 6.24. The van der Waals surface area contributed by atoms with Gasteiger partial charge in [0.1, 0.15) is 0 Å². The fraction of sp³-hybridized carbons (Fsp3) is 0.364. The van der Waals surface area contributed by atoms with Crippen molar-refractivity contribution >= 4 is 24.0 Å². The van der Waals surface area contributed by atoms with Gasteiger partial charge in [-0.25, -0.2) is 0 Å². The average Bonchev–Trinajstić information content (AvgIpc) is 2.27. The Balaban J connectivity index is 0.00000289. The molecular formula is C11H16ClN3O3. The highest BCUT2D eigenvalue weighted by Gasteiger charge is 2.14. The third-order valence-electron chi connectivity index (χ3n) is 2.27. The maximum absolute atomic E-state index is 11.8. The Kier molecular flexibility index (Phi) is 6.29. The molecule has 0 aliphatic heterocycles. The molecule has 3 N–H and O–H groups in total. The predicted molar refractivity (Wildman–Crippen MR) is 71.1 cm³/mol. The molecule has 1 atom stereocenters. The van der Waals surface area contributed by atoms with E-state index >= 15 is 0 Å². The van der Waals surface area contributed by atoms with Gasteiger partial charge in [0.25, 0.3) is 11.6 Å². The topological polar surface area (TPSA) is 98.3 Å². The van der Waals surface area contributed by atoms with Crippen molar-refractivity contribution in [3.05, 3.63) is 39.4 Å². The maximum Gasteiger partial charge on any atom is 0.270 e. The maximum atomic E-state index is 11.8. The molecule has 0 aliphatic rings. The van der Waals surface area contributed by atoms with Crippen LogP contribution in [0.2, 0.25) is 0 Å². The molecule has 0 spiro atoms. The van der Waals surface area contributed by atoms with E-state index in [-0.39, 0.29) is 35.6 Å². The molecule has 0 saturated carbocycles. The number of non-ortho nitro benzene ring substituents is 1. The van der Waals surface area contributed by atoms with E-state index in [1.807, 2.05) is 0 Å². The number of hydrogen-bond donors (Lipinski definition) is 2. The number of aryl methyl sites for hydroxylation is 1. The number of nitro benzene ring substituents is 1. The van der Waals surface area contributed by atoms with Crippen LogP contribution in [0.4, 0.5) is 5.69 Å². The van der Waals surface area contributed by atoms with E-state index in [0.29, 0.717) is 12.1 Å². The Morgan fingerprint density at radius 2 is 2.11 bits per heavy atom. The first-order valence-electron chi connectivity index (χ1n) is 5.21. The summed E-state index contributed by atoms with van der Waals surface area (Å²) >= 11 is 0. The molecule has 1 aromatic carbocycles. The SMILES string of the molecule is Cc1cc(C(=O)N[C@@H](C)CN)cc([N+](=O)[O-])c1.Cl. The largest absolute Gasteiger partial charge is 0.348 e. The number of hydrogen-bond acceptors (Lipinski definition) is 4. The molecule has 6 nitrogen and oxygen atoms in total. The number of carbonyl (C=O) groups excluding carboxylic acids is 1. The van der Waals surface area contributed by atoms with Crippen LogP contribution in [-0.2, 0) is 0 Å². The zero-order chi connectivity index (χ0) is 13.0. The fourth-order valence-corrected chi connectivity index (χ4v) is 1.37. The molecule has 0 aromatic heterocycles. The van der Waals surface area contributed by atoms with Crippen molar-refractivity contribution in [2.24, 2.45) is 5.73 Å². The number of nitrogens with one attached hydrogen (secondary N) is 1. The fourth-order valence-electron chi connectivity index (χ4n) is 1.37. The number of nitrogens with zero attached hydrogens (tertiary/aromatic N) is 1. The Morgan fingerprint density at radius 3 is 2.61 bits per heavy atom. The van der Waals surface area contributed by atoms with Crippen molar-refractivity contribution in [1.82, 2.24) is 5.32 Å².